The van der Waals surface area contributed by atoms with Crippen molar-refractivity contribution >= 4 is 51.7 Å². The zero-order chi connectivity index (χ0) is 19.5. The molecule has 0 bridgehead atoms. The number of carbonyl (C=O) groups excluding carboxylic acids is 1. The van der Waals surface area contributed by atoms with Crippen LogP contribution in [0.15, 0.2) is 47.9 Å². The molecule has 1 aliphatic carbocycles. The van der Waals surface area contributed by atoms with Gasteiger partial charge in [0.05, 0.1) is 15.7 Å². The fourth-order valence-corrected chi connectivity index (χ4v) is 4.32. The number of rotatable bonds is 4. The predicted molar refractivity (Wildman–Crippen MR) is 118 cm³/mol. The zero-order valence-corrected chi connectivity index (χ0v) is 17.4. The molecule has 2 aromatic carbocycles. The topological polar surface area (TPSA) is 42.0 Å². The number of benzene rings is 2. The molecular weight excluding hydrogens is 411 g/mol. The summed E-state index contributed by atoms with van der Waals surface area (Å²) in [5.74, 6) is -0.239. The molecule has 4 rings (SSSR count). The van der Waals surface area contributed by atoms with Gasteiger partial charge in [0.2, 0.25) is 5.91 Å². The molecule has 142 valence electrons. The van der Waals surface area contributed by atoms with Crippen molar-refractivity contribution in [3.8, 4) is 11.3 Å². The van der Waals surface area contributed by atoms with E-state index in [1.165, 1.54) is 47.8 Å². The molecule has 28 heavy (non-hydrogen) atoms. The first-order chi connectivity index (χ1) is 13.6. The van der Waals surface area contributed by atoms with Gasteiger partial charge in [-0.15, -0.1) is 11.3 Å². The molecule has 0 saturated carbocycles. The van der Waals surface area contributed by atoms with E-state index in [1.807, 2.05) is 5.38 Å². The molecule has 3 aromatic rings. The Kier molecular flexibility index (Phi) is 5.81. The molecule has 6 heteroatoms. The van der Waals surface area contributed by atoms with Crippen LogP contribution in [0.2, 0.25) is 10.0 Å². The van der Waals surface area contributed by atoms with Crippen LogP contribution in [0.4, 0.5) is 5.13 Å². The lowest BCUT2D eigenvalue weighted by atomic mass is 9.90. The van der Waals surface area contributed by atoms with E-state index >= 15 is 0 Å². The largest absolute Gasteiger partial charge is 0.298 e. The van der Waals surface area contributed by atoms with E-state index in [-0.39, 0.29) is 5.91 Å². The Hall–Kier alpha value is -2.14. The first kappa shape index (κ1) is 19.2. The fourth-order valence-electron chi connectivity index (χ4n) is 3.29. The number of carbonyl (C=O) groups is 1. The summed E-state index contributed by atoms with van der Waals surface area (Å²) in [5, 5.41) is 6.31. The van der Waals surface area contributed by atoms with E-state index < -0.39 is 0 Å². The molecule has 1 aliphatic rings. The maximum Gasteiger partial charge on any atom is 0.250 e. The molecule has 1 heterocycles. The Balaban J connectivity index is 1.43. The summed E-state index contributed by atoms with van der Waals surface area (Å²) in [5.41, 5.74) is 5.67. The minimum absolute atomic E-state index is 0.239. The summed E-state index contributed by atoms with van der Waals surface area (Å²) in [7, 11) is 0. The van der Waals surface area contributed by atoms with Crippen LogP contribution in [-0.2, 0) is 17.6 Å². The monoisotopic (exact) mass is 428 g/mol. The molecule has 1 aromatic heterocycles. The maximum atomic E-state index is 12.2. The molecule has 0 saturated heterocycles. The van der Waals surface area contributed by atoms with Gasteiger partial charge in [0.15, 0.2) is 5.13 Å². The van der Waals surface area contributed by atoms with Crippen molar-refractivity contribution < 1.29 is 4.79 Å². The van der Waals surface area contributed by atoms with Crippen LogP contribution in [0.3, 0.4) is 0 Å². The number of nitrogens with one attached hydrogen (secondary N) is 1. The lowest BCUT2D eigenvalue weighted by Gasteiger charge is -2.16. The Bertz CT molecular complexity index is 1060. The van der Waals surface area contributed by atoms with E-state index in [0.717, 1.165) is 23.2 Å². The lowest BCUT2D eigenvalue weighted by molar-refractivity contribution is -0.111. The number of halogens is 2. The Morgan fingerprint density at radius 1 is 1.04 bits per heavy atom. The number of thiazole rings is 1. The molecule has 1 N–H and O–H groups in total. The van der Waals surface area contributed by atoms with Crippen molar-refractivity contribution in [2.24, 2.45) is 0 Å². The van der Waals surface area contributed by atoms with E-state index in [9.17, 15) is 4.79 Å². The van der Waals surface area contributed by atoms with Crippen LogP contribution in [0.1, 0.15) is 29.5 Å². The van der Waals surface area contributed by atoms with Crippen molar-refractivity contribution in [2.75, 3.05) is 5.32 Å². The van der Waals surface area contributed by atoms with E-state index in [4.69, 9.17) is 23.2 Å². The number of aromatic nitrogens is 1. The van der Waals surface area contributed by atoms with Gasteiger partial charge in [0.1, 0.15) is 0 Å². The molecule has 0 fully saturated rings. The molecular formula is C22H18Cl2N2OS. The van der Waals surface area contributed by atoms with Crippen molar-refractivity contribution in [3.63, 3.8) is 0 Å². The standard InChI is InChI=1S/C22H18Cl2N2OS/c23-18-9-5-14(11-19(18)24)6-10-21(27)26-22-25-20(13-28-22)17-8-7-15-3-1-2-4-16(15)12-17/h5-13H,1-4H2,(H,25,26,27)/b10-6+. The van der Waals surface area contributed by atoms with Crippen molar-refractivity contribution in [3.05, 3.63) is 74.6 Å². The van der Waals surface area contributed by atoms with E-state index in [1.54, 1.807) is 24.3 Å². The minimum atomic E-state index is -0.239. The highest BCUT2D eigenvalue weighted by atomic mass is 35.5. The number of hydrogen-bond donors (Lipinski definition) is 1. The minimum Gasteiger partial charge on any atom is -0.298 e. The third-order valence-electron chi connectivity index (χ3n) is 4.75. The SMILES string of the molecule is O=C(/C=C/c1ccc(Cl)c(Cl)c1)Nc1nc(-c2ccc3c(c2)CCCC3)cs1. The van der Waals surface area contributed by atoms with Gasteiger partial charge < -0.3 is 0 Å². The maximum absolute atomic E-state index is 12.2. The zero-order valence-electron chi connectivity index (χ0n) is 15.0. The van der Waals surface area contributed by atoms with E-state index in [2.05, 4.69) is 28.5 Å². The number of aryl methyl sites for hydroxylation is 2. The summed E-state index contributed by atoms with van der Waals surface area (Å²) in [6, 6.07) is 11.8. The van der Waals surface area contributed by atoms with Gasteiger partial charge in [-0.1, -0.05) is 41.4 Å². The Morgan fingerprint density at radius 3 is 2.68 bits per heavy atom. The smallest absolute Gasteiger partial charge is 0.250 e. The highest BCUT2D eigenvalue weighted by Crippen LogP contribution is 2.29. The summed E-state index contributed by atoms with van der Waals surface area (Å²) in [4.78, 5) is 16.7. The first-order valence-electron chi connectivity index (χ1n) is 9.10. The second kappa shape index (κ2) is 8.48. The molecule has 0 radical (unpaired) electrons. The second-order valence-electron chi connectivity index (χ2n) is 6.72. The highest BCUT2D eigenvalue weighted by molar-refractivity contribution is 7.14. The molecule has 1 amide bonds. The number of amides is 1. The molecule has 0 spiro atoms. The second-order valence-corrected chi connectivity index (χ2v) is 8.40. The van der Waals surface area contributed by atoms with Crippen LogP contribution in [0.5, 0.6) is 0 Å². The quantitative estimate of drug-likeness (QED) is 0.472. The average Bonchev–Trinajstić information content (AvgIpc) is 3.17. The molecule has 0 unspecified atom stereocenters. The van der Waals surface area contributed by atoms with Crippen LogP contribution >= 0.6 is 34.5 Å². The molecule has 0 atom stereocenters. The summed E-state index contributed by atoms with van der Waals surface area (Å²) < 4.78 is 0. The number of fused-ring (bicyclic) bond motifs is 1. The third-order valence-corrected chi connectivity index (χ3v) is 6.25. The third kappa shape index (κ3) is 4.46. The van der Waals surface area contributed by atoms with Crippen molar-refractivity contribution in [2.45, 2.75) is 25.7 Å². The number of nitrogens with zero attached hydrogens (tertiary/aromatic N) is 1. The number of anilines is 1. The van der Waals surface area contributed by atoms with Crippen molar-refractivity contribution in [1.82, 2.24) is 4.98 Å². The summed E-state index contributed by atoms with van der Waals surface area (Å²) >= 11 is 13.3. The number of hydrogen-bond acceptors (Lipinski definition) is 3. The first-order valence-corrected chi connectivity index (χ1v) is 10.7. The van der Waals surface area contributed by atoms with Crippen LogP contribution in [-0.4, -0.2) is 10.9 Å². The van der Waals surface area contributed by atoms with Gasteiger partial charge in [0, 0.05) is 17.0 Å². The lowest BCUT2D eigenvalue weighted by Crippen LogP contribution is -2.07. The van der Waals surface area contributed by atoms with E-state index in [0.29, 0.717) is 15.2 Å². The van der Waals surface area contributed by atoms with Crippen LogP contribution in [0.25, 0.3) is 17.3 Å². The highest BCUT2D eigenvalue weighted by Gasteiger charge is 2.12. The van der Waals surface area contributed by atoms with Crippen molar-refractivity contribution in [1.29, 1.82) is 0 Å². The normalized spacial score (nSPS) is 13.5. The predicted octanol–water partition coefficient (Wildman–Crippen LogP) is 6.65. The molecule has 3 nitrogen and oxygen atoms in total. The van der Waals surface area contributed by atoms with Gasteiger partial charge in [0.25, 0.3) is 0 Å². The average molecular weight is 429 g/mol. The van der Waals surface area contributed by atoms with Crippen LogP contribution in [0, 0.1) is 0 Å². The van der Waals surface area contributed by atoms with Gasteiger partial charge >= 0.3 is 0 Å². The van der Waals surface area contributed by atoms with Crippen LogP contribution < -0.4 is 5.32 Å². The van der Waals surface area contributed by atoms with Gasteiger partial charge in [-0.05, 0) is 66.6 Å². The molecule has 0 aliphatic heterocycles. The Morgan fingerprint density at radius 2 is 1.86 bits per heavy atom. The Labute approximate surface area is 178 Å². The van der Waals surface area contributed by atoms with Gasteiger partial charge in [-0.3, -0.25) is 10.1 Å². The van der Waals surface area contributed by atoms with Gasteiger partial charge in [-0.2, -0.15) is 0 Å². The fraction of sp³-hybridized carbons (Fsp3) is 0.182. The van der Waals surface area contributed by atoms with Gasteiger partial charge in [-0.25, -0.2) is 4.98 Å². The summed E-state index contributed by atoms with van der Waals surface area (Å²) in [6.45, 7) is 0. The summed E-state index contributed by atoms with van der Waals surface area (Å²) in [6.07, 6.45) is 7.97.